The van der Waals surface area contributed by atoms with Crippen LogP contribution in [0.15, 0.2) is 36.4 Å². The van der Waals surface area contributed by atoms with Gasteiger partial charge in [-0.05, 0) is 36.8 Å². The van der Waals surface area contributed by atoms with Crippen LogP contribution in [0.3, 0.4) is 0 Å². The van der Waals surface area contributed by atoms with Crippen molar-refractivity contribution in [2.75, 3.05) is 14.2 Å². The van der Waals surface area contributed by atoms with Gasteiger partial charge in [0.1, 0.15) is 0 Å². The number of carbonyl (C=O) groups is 1. The minimum atomic E-state index is 0.475. The van der Waals surface area contributed by atoms with Crippen LogP contribution in [-0.2, 0) is 6.42 Å². The largest absolute Gasteiger partial charge is 0.493 e. The van der Waals surface area contributed by atoms with Crippen LogP contribution < -0.4 is 9.47 Å². The van der Waals surface area contributed by atoms with Gasteiger partial charge in [0, 0.05) is 17.5 Å². The van der Waals surface area contributed by atoms with Gasteiger partial charge in [-0.25, -0.2) is 0 Å². The van der Waals surface area contributed by atoms with Gasteiger partial charge in [0.2, 0.25) is 0 Å². The summed E-state index contributed by atoms with van der Waals surface area (Å²) in [6.45, 7) is 2.04. The molecule has 0 aliphatic carbocycles. The molecule has 2 rings (SSSR count). The molecule has 0 radical (unpaired) electrons. The Morgan fingerprint density at radius 2 is 1.68 bits per heavy atom. The Kier molecular flexibility index (Phi) is 5.21. The lowest BCUT2D eigenvalue weighted by atomic mass is 10.0. The van der Waals surface area contributed by atoms with Crippen LogP contribution in [0.5, 0.6) is 11.5 Å². The Morgan fingerprint density at radius 1 is 1.05 bits per heavy atom. The van der Waals surface area contributed by atoms with E-state index in [1.54, 1.807) is 26.4 Å². The highest BCUT2D eigenvalue weighted by atomic mass is 16.5. The summed E-state index contributed by atoms with van der Waals surface area (Å²) in [6.07, 6.45) is 1.28. The first-order valence-corrected chi connectivity index (χ1v) is 6.93. The topological polar surface area (TPSA) is 35.5 Å². The molecule has 22 heavy (non-hydrogen) atoms. The van der Waals surface area contributed by atoms with Gasteiger partial charge in [0.25, 0.3) is 0 Å². The number of aldehydes is 1. The molecule has 0 heterocycles. The van der Waals surface area contributed by atoms with E-state index >= 15 is 0 Å². The number of aryl methyl sites for hydroxylation is 1. The Hall–Kier alpha value is -2.73. The monoisotopic (exact) mass is 294 g/mol. The second-order valence-corrected chi connectivity index (χ2v) is 4.87. The predicted octanol–water partition coefficient (Wildman–Crippen LogP) is 3.42. The summed E-state index contributed by atoms with van der Waals surface area (Å²) in [5.74, 6) is 7.33. The number of carbonyl (C=O) groups excluding carboxylic acids is 1. The molecule has 0 aliphatic heterocycles. The third-order valence-electron chi connectivity index (χ3n) is 3.34. The molecule has 0 aliphatic rings. The van der Waals surface area contributed by atoms with Crippen molar-refractivity contribution >= 4 is 6.29 Å². The van der Waals surface area contributed by atoms with Gasteiger partial charge in [0.15, 0.2) is 17.8 Å². The molecule has 0 amide bonds. The van der Waals surface area contributed by atoms with Crippen LogP contribution in [0.4, 0.5) is 0 Å². The average Bonchev–Trinajstić information content (AvgIpc) is 2.56. The molecule has 0 aromatic heterocycles. The molecule has 0 unspecified atom stereocenters. The van der Waals surface area contributed by atoms with Crippen LogP contribution in [-0.4, -0.2) is 20.5 Å². The fraction of sp³-hybridized carbons (Fsp3) is 0.211. The average molecular weight is 294 g/mol. The van der Waals surface area contributed by atoms with Gasteiger partial charge in [-0.1, -0.05) is 29.5 Å². The molecule has 0 saturated carbocycles. The smallest absolute Gasteiger partial charge is 0.161 e. The van der Waals surface area contributed by atoms with Gasteiger partial charge in [0.05, 0.1) is 14.2 Å². The number of methoxy groups -OCH3 is 2. The fourth-order valence-corrected chi connectivity index (χ4v) is 2.08. The molecular weight excluding hydrogens is 276 g/mol. The molecule has 0 saturated heterocycles. The van der Waals surface area contributed by atoms with Crippen molar-refractivity contribution in [3.8, 4) is 23.3 Å². The predicted molar refractivity (Wildman–Crippen MR) is 86.7 cm³/mol. The second-order valence-electron chi connectivity index (χ2n) is 4.87. The minimum Gasteiger partial charge on any atom is -0.493 e. The maximum absolute atomic E-state index is 11.2. The zero-order valence-corrected chi connectivity index (χ0v) is 13.0. The van der Waals surface area contributed by atoms with Crippen molar-refractivity contribution < 1.29 is 14.3 Å². The summed E-state index contributed by atoms with van der Waals surface area (Å²) in [6, 6.07) is 11.5. The summed E-state index contributed by atoms with van der Waals surface area (Å²) < 4.78 is 10.5. The fourth-order valence-electron chi connectivity index (χ4n) is 2.08. The van der Waals surface area contributed by atoms with Crippen molar-refractivity contribution in [2.45, 2.75) is 13.3 Å². The molecule has 3 nitrogen and oxygen atoms in total. The van der Waals surface area contributed by atoms with Gasteiger partial charge >= 0.3 is 0 Å². The molecule has 0 fully saturated rings. The lowest BCUT2D eigenvalue weighted by molar-refractivity contribution is 0.112. The van der Waals surface area contributed by atoms with E-state index in [2.05, 4.69) is 11.8 Å². The van der Waals surface area contributed by atoms with Crippen molar-refractivity contribution in [2.24, 2.45) is 0 Å². The standard InChI is InChI=1S/C19H18O3/c1-14-7-9-15(10-8-14)5-4-6-16-11-18(21-2)19(22-3)12-17(16)13-20/h7-13H,6H2,1-3H3. The minimum absolute atomic E-state index is 0.475. The van der Waals surface area contributed by atoms with E-state index in [1.165, 1.54) is 5.56 Å². The molecule has 2 aromatic rings. The molecule has 0 spiro atoms. The summed E-state index contributed by atoms with van der Waals surface area (Å²) in [7, 11) is 3.11. The Bertz CT molecular complexity index is 719. The highest BCUT2D eigenvalue weighted by molar-refractivity contribution is 5.79. The quantitative estimate of drug-likeness (QED) is 0.640. The molecule has 112 valence electrons. The Balaban J connectivity index is 2.26. The maximum Gasteiger partial charge on any atom is 0.161 e. The van der Waals surface area contributed by atoms with Crippen molar-refractivity contribution in [1.29, 1.82) is 0 Å². The first kappa shape index (κ1) is 15.7. The van der Waals surface area contributed by atoms with E-state index < -0.39 is 0 Å². The molecule has 0 atom stereocenters. The van der Waals surface area contributed by atoms with Crippen LogP contribution >= 0.6 is 0 Å². The Labute approximate surface area is 130 Å². The molecule has 3 heteroatoms. The Morgan fingerprint density at radius 3 is 2.27 bits per heavy atom. The SMILES string of the molecule is COc1cc(C=O)c(CC#Cc2ccc(C)cc2)cc1OC. The molecule has 2 aromatic carbocycles. The normalized spacial score (nSPS) is 9.59. The van der Waals surface area contributed by atoms with E-state index in [0.717, 1.165) is 17.4 Å². The highest BCUT2D eigenvalue weighted by Gasteiger charge is 2.09. The van der Waals surface area contributed by atoms with Gasteiger partial charge < -0.3 is 9.47 Å². The molecule has 0 N–H and O–H groups in total. The van der Waals surface area contributed by atoms with Crippen LogP contribution in [0.25, 0.3) is 0 Å². The first-order chi connectivity index (χ1) is 10.7. The first-order valence-electron chi connectivity index (χ1n) is 6.93. The lowest BCUT2D eigenvalue weighted by Crippen LogP contribution is -1.97. The van der Waals surface area contributed by atoms with E-state index in [-0.39, 0.29) is 0 Å². The van der Waals surface area contributed by atoms with Crippen LogP contribution in [0, 0.1) is 18.8 Å². The molecule has 0 bridgehead atoms. The molecular formula is C19H18O3. The summed E-state index contributed by atoms with van der Waals surface area (Å²) in [5, 5.41) is 0. The number of hydrogen-bond acceptors (Lipinski definition) is 3. The van der Waals surface area contributed by atoms with Crippen LogP contribution in [0.1, 0.15) is 27.0 Å². The third-order valence-corrected chi connectivity index (χ3v) is 3.34. The number of rotatable bonds is 4. The third kappa shape index (κ3) is 3.67. The van der Waals surface area contributed by atoms with Crippen molar-refractivity contribution in [3.05, 3.63) is 58.7 Å². The van der Waals surface area contributed by atoms with Gasteiger partial charge in [-0.2, -0.15) is 0 Å². The zero-order valence-electron chi connectivity index (χ0n) is 13.0. The number of hydrogen-bond donors (Lipinski definition) is 0. The lowest BCUT2D eigenvalue weighted by Gasteiger charge is -2.10. The van der Waals surface area contributed by atoms with Gasteiger partial charge in [-0.3, -0.25) is 4.79 Å². The van der Waals surface area contributed by atoms with Crippen molar-refractivity contribution in [1.82, 2.24) is 0 Å². The van der Waals surface area contributed by atoms with E-state index in [0.29, 0.717) is 23.5 Å². The van der Waals surface area contributed by atoms with E-state index in [4.69, 9.17) is 9.47 Å². The maximum atomic E-state index is 11.2. The number of ether oxygens (including phenoxy) is 2. The summed E-state index contributed by atoms with van der Waals surface area (Å²) >= 11 is 0. The highest BCUT2D eigenvalue weighted by Crippen LogP contribution is 2.30. The van der Waals surface area contributed by atoms with E-state index in [9.17, 15) is 4.79 Å². The number of benzene rings is 2. The van der Waals surface area contributed by atoms with Crippen LogP contribution in [0.2, 0.25) is 0 Å². The zero-order chi connectivity index (χ0) is 15.9. The van der Waals surface area contributed by atoms with E-state index in [1.807, 2.05) is 31.2 Å². The summed E-state index contributed by atoms with van der Waals surface area (Å²) in [4.78, 5) is 11.2. The summed E-state index contributed by atoms with van der Waals surface area (Å²) in [5.41, 5.74) is 3.55. The van der Waals surface area contributed by atoms with Gasteiger partial charge in [-0.15, -0.1) is 0 Å². The van der Waals surface area contributed by atoms with Crippen molar-refractivity contribution in [3.63, 3.8) is 0 Å². The second kappa shape index (κ2) is 7.33.